The summed E-state index contributed by atoms with van der Waals surface area (Å²) in [6, 6.07) is 7.48. The van der Waals surface area contributed by atoms with Crippen LogP contribution in [0, 0.1) is 5.92 Å². The van der Waals surface area contributed by atoms with Crippen molar-refractivity contribution < 1.29 is 4.79 Å². The lowest BCUT2D eigenvalue weighted by Crippen LogP contribution is -2.31. The summed E-state index contributed by atoms with van der Waals surface area (Å²) < 4.78 is 1.68. The molecule has 5 heteroatoms. The van der Waals surface area contributed by atoms with Gasteiger partial charge in [-0.3, -0.25) is 4.79 Å². The van der Waals surface area contributed by atoms with Crippen molar-refractivity contribution in [1.82, 2.24) is 9.88 Å². The monoisotopic (exact) mass is 299 g/mol. The third kappa shape index (κ3) is 3.13. The average molecular weight is 299 g/mol. The van der Waals surface area contributed by atoms with E-state index < -0.39 is 0 Å². The number of hydrogen-bond donors (Lipinski definition) is 2. The van der Waals surface area contributed by atoms with E-state index in [1.807, 2.05) is 18.2 Å². The SMILES string of the molecule is CC(C)Cn1cc(NC(=O)NC2CC2)c2ccccc2c1=O. The molecular formula is C17H21N3O2. The van der Waals surface area contributed by atoms with E-state index in [2.05, 4.69) is 24.5 Å². The van der Waals surface area contributed by atoms with Gasteiger partial charge >= 0.3 is 6.03 Å². The summed E-state index contributed by atoms with van der Waals surface area (Å²) in [5.74, 6) is 0.354. The van der Waals surface area contributed by atoms with Crippen LogP contribution < -0.4 is 16.2 Å². The number of anilines is 1. The number of nitrogens with one attached hydrogen (secondary N) is 2. The van der Waals surface area contributed by atoms with E-state index in [4.69, 9.17) is 0 Å². The standard InChI is InChI=1S/C17H21N3O2/c1-11(2)9-20-10-15(19-17(22)18-12-7-8-12)13-5-3-4-6-14(13)16(20)21/h3-6,10-12H,7-9H2,1-2H3,(H2,18,19,22). The third-order valence-corrected chi connectivity index (χ3v) is 3.72. The molecule has 1 saturated carbocycles. The maximum absolute atomic E-state index is 12.5. The van der Waals surface area contributed by atoms with Gasteiger partial charge < -0.3 is 15.2 Å². The molecule has 0 saturated heterocycles. The zero-order valence-corrected chi connectivity index (χ0v) is 12.9. The van der Waals surface area contributed by atoms with Gasteiger partial charge in [-0.05, 0) is 24.8 Å². The minimum Gasteiger partial charge on any atom is -0.335 e. The molecule has 22 heavy (non-hydrogen) atoms. The Morgan fingerprint density at radius 2 is 1.95 bits per heavy atom. The molecule has 0 atom stereocenters. The van der Waals surface area contributed by atoms with Gasteiger partial charge in [0, 0.05) is 29.6 Å². The first-order chi connectivity index (χ1) is 10.5. The van der Waals surface area contributed by atoms with Crippen molar-refractivity contribution in [2.24, 2.45) is 5.92 Å². The first-order valence-corrected chi connectivity index (χ1v) is 7.74. The number of fused-ring (bicyclic) bond motifs is 1. The Morgan fingerprint density at radius 3 is 2.59 bits per heavy atom. The smallest absolute Gasteiger partial charge is 0.319 e. The van der Waals surface area contributed by atoms with Crippen molar-refractivity contribution in [3.8, 4) is 0 Å². The van der Waals surface area contributed by atoms with Gasteiger partial charge in [0.25, 0.3) is 5.56 Å². The lowest BCUT2D eigenvalue weighted by molar-refractivity contribution is 0.251. The van der Waals surface area contributed by atoms with Crippen molar-refractivity contribution in [2.75, 3.05) is 5.32 Å². The van der Waals surface area contributed by atoms with Crippen molar-refractivity contribution in [3.05, 3.63) is 40.8 Å². The van der Waals surface area contributed by atoms with Crippen LogP contribution in [-0.4, -0.2) is 16.6 Å². The molecule has 1 heterocycles. The van der Waals surface area contributed by atoms with Crippen molar-refractivity contribution in [2.45, 2.75) is 39.3 Å². The molecule has 5 nitrogen and oxygen atoms in total. The molecule has 2 N–H and O–H groups in total. The fraction of sp³-hybridized carbons (Fsp3) is 0.412. The van der Waals surface area contributed by atoms with Crippen LogP contribution in [-0.2, 0) is 6.54 Å². The molecule has 116 valence electrons. The van der Waals surface area contributed by atoms with Crippen LogP contribution in [0.5, 0.6) is 0 Å². The van der Waals surface area contributed by atoms with Crippen LogP contribution in [0.4, 0.5) is 10.5 Å². The maximum Gasteiger partial charge on any atom is 0.319 e. The van der Waals surface area contributed by atoms with Crippen LogP contribution in [0.1, 0.15) is 26.7 Å². The third-order valence-electron chi connectivity index (χ3n) is 3.72. The Balaban J connectivity index is 2.00. The molecule has 3 rings (SSSR count). The Morgan fingerprint density at radius 1 is 1.27 bits per heavy atom. The zero-order valence-electron chi connectivity index (χ0n) is 12.9. The number of nitrogens with zero attached hydrogens (tertiary/aromatic N) is 1. The molecule has 2 amide bonds. The fourth-order valence-electron chi connectivity index (χ4n) is 2.54. The Labute approximate surface area is 129 Å². The maximum atomic E-state index is 12.5. The van der Waals surface area contributed by atoms with Gasteiger partial charge in [0.1, 0.15) is 0 Å². The number of amides is 2. The number of benzene rings is 1. The van der Waals surface area contributed by atoms with E-state index in [1.54, 1.807) is 16.8 Å². The van der Waals surface area contributed by atoms with Crippen molar-refractivity contribution in [1.29, 1.82) is 0 Å². The molecular weight excluding hydrogens is 278 g/mol. The molecule has 0 unspecified atom stereocenters. The number of carbonyl (C=O) groups is 1. The molecule has 1 aromatic heterocycles. The molecule has 1 aliphatic carbocycles. The van der Waals surface area contributed by atoms with Crippen LogP contribution >= 0.6 is 0 Å². The molecule has 1 fully saturated rings. The van der Waals surface area contributed by atoms with Gasteiger partial charge in [-0.2, -0.15) is 0 Å². The van der Waals surface area contributed by atoms with Gasteiger partial charge in [-0.25, -0.2) is 4.79 Å². The van der Waals surface area contributed by atoms with E-state index in [0.29, 0.717) is 29.6 Å². The zero-order chi connectivity index (χ0) is 15.7. The summed E-state index contributed by atoms with van der Waals surface area (Å²) in [6.45, 7) is 4.76. The van der Waals surface area contributed by atoms with Crippen molar-refractivity contribution >= 4 is 22.5 Å². The second-order valence-corrected chi connectivity index (χ2v) is 6.31. The molecule has 1 aromatic carbocycles. The van der Waals surface area contributed by atoms with Crippen molar-refractivity contribution in [3.63, 3.8) is 0 Å². The van der Waals surface area contributed by atoms with E-state index in [-0.39, 0.29) is 11.6 Å². The minimum absolute atomic E-state index is 0.0162. The van der Waals surface area contributed by atoms with E-state index in [1.165, 1.54) is 0 Å². The molecule has 1 aliphatic rings. The van der Waals surface area contributed by atoms with Gasteiger partial charge in [0.2, 0.25) is 0 Å². The van der Waals surface area contributed by atoms with Gasteiger partial charge in [0.15, 0.2) is 0 Å². The summed E-state index contributed by atoms with van der Waals surface area (Å²) >= 11 is 0. The Hall–Kier alpha value is -2.30. The number of urea groups is 1. The Kier molecular flexibility index (Phi) is 3.88. The highest BCUT2D eigenvalue weighted by molar-refractivity contribution is 6.01. The van der Waals surface area contributed by atoms with Gasteiger partial charge in [0.05, 0.1) is 5.69 Å². The fourth-order valence-corrected chi connectivity index (χ4v) is 2.54. The number of rotatable bonds is 4. The van der Waals surface area contributed by atoms with E-state index >= 15 is 0 Å². The summed E-state index contributed by atoms with van der Waals surface area (Å²) in [5, 5.41) is 7.20. The Bertz CT molecular complexity index is 760. The molecule has 2 aromatic rings. The number of carbonyl (C=O) groups excluding carboxylic acids is 1. The summed E-state index contributed by atoms with van der Waals surface area (Å²) in [6.07, 6.45) is 3.83. The topological polar surface area (TPSA) is 63.1 Å². The molecule has 0 radical (unpaired) electrons. The average Bonchev–Trinajstić information content (AvgIpc) is 3.27. The first kappa shape index (κ1) is 14.6. The lowest BCUT2D eigenvalue weighted by Gasteiger charge is -2.15. The molecule has 0 bridgehead atoms. The quantitative estimate of drug-likeness (QED) is 0.911. The number of aromatic nitrogens is 1. The van der Waals surface area contributed by atoms with Gasteiger partial charge in [-0.1, -0.05) is 32.0 Å². The van der Waals surface area contributed by atoms with Crippen LogP contribution in [0.3, 0.4) is 0 Å². The number of hydrogen-bond acceptors (Lipinski definition) is 2. The largest absolute Gasteiger partial charge is 0.335 e. The lowest BCUT2D eigenvalue weighted by atomic mass is 10.1. The summed E-state index contributed by atoms with van der Waals surface area (Å²) in [5.41, 5.74) is 0.659. The number of pyridine rings is 1. The van der Waals surface area contributed by atoms with E-state index in [0.717, 1.165) is 18.2 Å². The predicted octanol–water partition coefficient (Wildman–Crippen LogP) is 2.94. The van der Waals surface area contributed by atoms with Crippen LogP contribution in [0.25, 0.3) is 10.8 Å². The minimum atomic E-state index is -0.206. The van der Waals surface area contributed by atoms with Crippen LogP contribution in [0.15, 0.2) is 35.3 Å². The van der Waals surface area contributed by atoms with E-state index in [9.17, 15) is 9.59 Å². The molecule has 0 aliphatic heterocycles. The summed E-state index contributed by atoms with van der Waals surface area (Å²) in [4.78, 5) is 24.5. The predicted molar refractivity (Wildman–Crippen MR) is 88.2 cm³/mol. The molecule has 0 spiro atoms. The normalized spacial score (nSPS) is 14.3. The van der Waals surface area contributed by atoms with Crippen LogP contribution in [0.2, 0.25) is 0 Å². The second kappa shape index (κ2) is 5.83. The summed E-state index contributed by atoms with van der Waals surface area (Å²) in [7, 11) is 0. The first-order valence-electron chi connectivity index (χ1n) is 7.74. The van der Waals surface area contributed by atoms with Gasteiger partial charge in [-0.15, -0.1) is 0 Å². The highest BCUT2D eigenvalue weighted by Crippen LogP contribution is 2.22. The highest BCUT2D eigenvalue weighted by Gasteiger charge is 2.23. The second-order valence-electron chi connectivity index (χ2n) is 6.31. The highest BCUT2D eigenvalue weighted by atomic mass is 16.2.